The highest BCUT2D eigenvalue weighted by Gasteiger charge is 2.41. The second kappa shape index (κ2) is 9.34. The van der Waals surface area contributed by atoms with Crippen molar-refractivity contribution in [1.29, 1.82) is 0 Å². The Hall–Kier alpha value is -0.610. The van der Waals surface area contributed by atoms with E-state index in [2.05, 4.69) is 0 Å². The summed E-state index contributed by atoms with van der Waals surface area (Å²) in [5.41, 5.74) is 5.29. The first-order valence-electron chi connectivity index (χ1n) is 7.03. The van der Waals surface area contributed by atoms with Crippen molar-refractivity contribution < 1.29 is 14.6 Å². The van der Waals surface area contributed by atoms with Crippen LogP contribution in [0.1, 0.15) is 52.9 Å². The van der Waals surface area contributed by atoms with Crippen molar-refractivity contribution in [2.75, 3.05) is 19.8 Å². The third-order valence-corrected chi connectivity index (χ3v) is 3.68. The molecule has 0 aliphatic heterocycles. The molecule has 108 valence electrons. The SMILES string of the molecule is CCOC(=O)C(CN)(CCCCCCO)C(C)C. The van der Waals surface area contributed by atoms with E-state index >= 15 is 0 Å². The first kappa shape index (κ1) is 17.4. The zero-order valence-corrected chi connectivity index (χ0v) is 12.1. The van der Waals surface area contributed by atoms with Gasteiger partial charge in [-0.25, -0.2) is 0 Å². The maximum absolute atomic E-state index is 12.1. The van der Waals surface area contributed by atoms with Crippen LogP contribution >= 0.6 is 0 Å². The fourth-order valence-electron chi connectivity index (χ4n) is 2.23. The van der Waals surface area contributed by atoms with Crippen molar-refractivity contribution in [3.8, 4) is 0 Å². The van der Waals surface area contributed by atoms with Crippen molar-refractivity contribution in [2.45, 2.75) is 52.9 Å². The lowest BCUT2D eigenvalue weighted by atomic mass is 9.73. The molecule has 4 heteroatoms. The Morgan fingerprint density at radius 3 is 2.33 bits per heavy atom. The first-order valence-corrected chi connectivity index (χ1v) is 7.03. The van der Waals surface area contributed by atoms with Crippen LogP contribution in [0.4, 0.5) is 0 Å². The number of unbranched alkanes of at least 4 members (excludes halogenated alkanes) is 3. The second-order valence-electron chi connectivity index (χ2n) is 5.12. The lowest BCUT2D eigenvalue weighted by molar-refractivity contribution is -0.158. The van der Waals surface area contributed by atoms with Crippen LogP contribution < -0.4 is 5.73 Å². The van der Waals surface area contributed by atoms with E-state index in [-0.39, 0.29) is 18.5 Å². The molecule has 0 rings (SSSR count). The Labute approximate surface area is 111 Å². The number of aliphatic hydroxyl groups excluding tert-OH is 1. The summed E-state index contributed by atoms with van der Waals surface area (Å²) in [4.78, 5) is 12.1. The average Bonchev–Trinajstić information content (AvgIpc) is 2.34. The molecule has 4 nitrogen and oxygen atoms in total. The summed E-state index contributed by atoms with van der Waals surface area (Å²) < 4.78 is 5.18. The number of nitrogens with two attached hydrogens (primary N) is 1. The molecule has 0 heterocycles. The number of aliphatic hydroxyl groups is 1. The lowest BCUT2D eigenvalue weighted by Gasteiger charge is -2.34. The quantitative estimate of drug-likeness (QED) is 0.465. The van der Waals surface area contributed by atoms with Gasteiger partial charge in [0, 0.05) is 13.2 Å². The summed E-state index contributed by atoms with van der Waals surface area (Å²) in [6.07, 6.45) is 4.57. The van der Waals surface area contributed by atoms with Crippen LogP contribution in [0.5, 0.6) is 0 Å². The molecular weight excluding hydrogens is 230 g/mol. The Morgan fingerprint density at radius 1 is 1.28 bits per heavy atom. The minimum atomic E-state index is -0.546. The minimum Gasteiger partial charge on any atom is -0.466 e. The van der Waals surface area contributed by atoms with Crippen molar-refractivity contribution in [3.05, 3.63) is 0 Å². The van der Waals surface area contributed by atoms with Gasteiger partial charge in [0.2, 0.25) is 0 Å². The van der Waals surface area contributed by atoms with E-state index in [0.717, 1.165) is 32.1 Å². The summed E-state index contributed by atoms with van der Waals surface area (Å²) in [5, 5.41) is 8.72. The maximum Gasteiger partial charge on any atom is 0.313 e. The third-order valence-electron chi connectivity index (χ3n) is 3.68. The van der Waals surface area contributed by atoms with Gasteiger partial charge in [0.05, 0.1) is 12.0 Å². The molecule has 0 aliphatic rings. The molecule has 1 atom stereocenters. The molecule has 0 radical (unpaired) electrons. The first-order chi connectivity index (χ1) is 8.55. The Balaban J connectivity index is 4.42. The average molecular weight is 259 g/mol. The van der Waals surface area contributed by atoms with Gasteiger partial charge in [-0.2, -0.15) is 0 Å². The largest absolute Gasteiger partial charge is 0.466 e. The smallest absolute Gasteiger partial charge is 0.313 e. The molecule has 0 bridgehead atoms. The normalized spacial score (nSPS) is 14.6. The van der Waals surface area contributed by atoms with E-state index in [1.54, 1.807) is 0 Å². The molecule has 0 saturated heterocycles. The highest BCUT2D eigenvalue weighted by molar-refractivity contribution is 5.77. The van der Waals surface area contributed by atoms with Crippen LogP contribution in [0.2, 0.25) is 0 Å². The summed E-state index contributed by atoms with van der Waals surface area (Å²) in [5.74, 6) is 0.0176. The molecule has 0 aromatic carbocycles. The van der Waals surface area contributed by atoms with Crippen LogP contribution in [0.15, 0.2) is 0 Å². The van der Waals surface area contributed by atoms with E-state index in [1.165, 1.54) is 0 Å². The van der Waals surface area contributed by atoms with Gasteiger partial charge < -0.3 is 15.6 Å². The molecule has 0 fully saturated rings. The number of esters is 1. The highest BCUT2D eigenvalue weighted by atomic mass is 16.5. The van der Waals surface area contributed by atoms with Crippen molar-refractivity contribution in [2.24, 2.45) is 17.1 Å². The molecule has 18 heavy (non-hydrogen) atoms. The monoisotopic (exact) mass is 259 g/mol. The van der Waals surface area contributed by atoms with E-state index in [0.29, 0.717) is 13.2 Å². The molecule has 0 amide bonds. The van der Waals surface area contributed by atoms with Crippen LogP contribution in [0, 0.1) is 11.3 Å². The fraction of sp³-hybridized carbons (Fsp3) is 0.929. The van der Waals surface area contributed by atoms with Crippen molar-refractivity contribution >= 4 is 5.97 Å². The van der Waals surface area contributed by atoms with E-state index in [4.69, 9.17) is 15.6 Å². The van der Waals surface area contributed by atoms with E-state index in [9.17, 15) is 4.79 Å². The topological polar surface area (TPSA) is 72.5 Å². The Morgan fingerprint density at radius 2 is 1.89 bits per heavy atom. The van der Waals surface area contributed by atoms with Gasteiger partial charge in [-0.1, -0.05) is 33.1 Å². The van der Waals surface area contributed by atoms with Gasteiger partial charge in [-0.05, 0) is 25.7 Å². The fourth-order valence-corrected chi connectivity index (χ4v) is 2.23. The molecule has 0 spiro atoms. The molecule has 0 saturated carbocycles. The van der Waals surface area contributed by atoms with Crippen LogP contribution in [0.25, 0.3) is 0 Å². The highest BCUT2D eigenvalue weighted by Crippen LogP contribution is 2.34. The number of carbonyl (C=O) groups excluding carboxylic acids is 1. The van der Waals surface area contributed by atoms with Gasteiger partial charge in [0.25, 0.3) is 0 Å². The molecule has 3 N–H and O–H groups in total. The van der Waals surface area contributed by atoms with Crippen LogP contribution in [-0.2, 0) is 9.53 Å². The van der Waals surface area contributed by atoms with E-state index < -0.39 is 5.41 Å². The van der Waals surface area contributed by atoms with Crippen molar-refractivity contribution in [3.63, 3.8) is 0 Å². The summed E-state index contributed by atoms with van der Waals surface area (Å²) in [6.45, 7) is 6.85. The standard InChI is InChI=1S/C14H29NO3/c1-4-18-13(17)14(11-15,12(2)3)9-7-5-6-8-10-16/h12,16H,4-11,15H2,1-3H3. The van der Waals surface area contributed by atoms with E-state index in [1.807, 2.05) is 20.8 Å². The summed E-state index contributed by atoms with van der Waals surface area (Å²) in [6, 6.07) is 0. The molecular formula is C14H29NO3. The van der Waals surface area contributed by atoms with Crippen LogP contribution in [0.3, 0.4) is 0 Å². The maximum atomic E-state index is 12.1. The zero-order valence-electron chi connectivity index (χ0n) is 12.1. The van der Waals surface area contributed by atoms with Crippen molar-refractivity contribution in [1.82, 2.24) is 0 Å². The Kier molecular flexibility index (Phi) is 9.02. The van der Waals surface area contributed by atoms with Gasteiger partial charge in [-0.3, -0.25) is 4.79 Å². The summed E-state index contributed by atoms with van der Waals surface area (Å²) in [7, 11) is 0. The number of hydrogen-bond donors (Lipinski definition) is 2. The predicted octanol–water partition coefficient (Wildman–Crippen LogP) is 2.09. The molecule has 0 aromatic rings. The Bertz CT molecular complexity index is 231. The number of rotatable bonds is 10. The third kappa shape index (κ3) is 4.94. The second-order valence-corrected chi connectivity index (χ2v) is 5.12. The predicted molar refractivity (Wildman–Crippen MR) is 73.1 cm³/mol. The van der Waals surface area contributed by atoms with Gasteiger partial charge in [0.1, 0.15) is 0 Å². The number of carbonyl (C=O) groups is 1. The van der Waals surface area contributed by atoms with Gasteiger partial charge in [0.15, 0.2) is 0 Å². The summed E-state index contributed by atoms with van der Waals surface area (Å²) >= 11 is 0. The zero-order chi connectivity index (χ0) is 14.0. The molecule has 0 aromatic heterocycles. The van der Waals surface area contributed by atoms with Gasteiger partial charge >= 0.3 is 5.97 Å². The lowest BCUT2D eigenvalue weighted by Crippen LogP contribution is -2.44. The molecule has 0 aliphatic carbocycles. The van der Waals surface area contributed by atoms with Crippen LogP contribution in [-0.4, -0.2) is 30.8 Å². The van der Waals surface area contributed by atoms with Gasteiger partial charge in [-0.15, -0.1) is 0 Å². The minimum absolute atomic E-state index is 0.162. The number of ether oxygens (including phenoxy) is 1. The molecule has 1 unspecified atom stereocenters. The number of hydrogen-bond acceptors (Lipinski definition) is 4.